The third-order valence-electron chi connectivity index (χ3n) is 2.38. The number of rotatable bonds is 5. The van der Waals surface area contributed by atoms with Crippen molar-refractivity contribution in [3.8, 4) is 0 Å². The zero-order chi connectivity index (χ0) is 11.3. The average Bonchev–Trinajstić information content (AvgIpc) is 2.17. The molecule has 0 amide bonds. The lowest BCUT2D eigenvalue weighted by Gasteiger charge is -2.09. The molecule has 1 atom stereocenters. The van der Waals surface area contributed by atoms with Gasteiger partial charge in [0.25, 0.3) is 0 Å². The van der Waals surface area contributed by atoms with Gasteiger partial charge in [-0.3, -0.25) is 0 Å². The maximum atomic E-state index is 13.3. The fourth-order valence-corrected chi connectivity index (χ4v) is 1.68. The van der Waals surface area contributed by atoms with E-state index in [0.29, 0.717) is 23.4 Å². The molecule has 1 N–H and O–H groups in total. The van der Waals surface area contributed by atoms with Crippen molar-refractivity contribution in [3.05, 3.63) is 34.6 Å². The Hall–Kier alpha value is -0.600. The van der Waals surface area contributed by atoms with Gasteiger partial charge in [0.1, 0.15) is 5.82 Å². The van der Waals surface area contributed by atoms with Gasteiger partial charge in [-0.25, -0.2) is 4.39 Å². The standard InChI is InChI=1S/C12H16ClFO/c1-2-3-11(15)7-5-9-4-6-10(13)8-12(9)14/h4,6,8,11,15H,2-3,5,7H2,1H3. The molecule has 84 valence electrons. The summed E-state index contributed by atoms with van der Waals surface area (Å²) >= 11 is 5.64. The summed E-state index contributed by atoms with van der Waals surface area (Å²) in [6, 6.07) is 4.66. The van der Waals surface area contributed by atoms with E-state index < -0.39 is 0 Å². The minimum absolute atomic E-state index is 0.286. The first-order valence-corrected chi connectivity index (χ1v) is 5.63. The molecule has 15 heavy (non-hydrogen) atoms. The number of benzene rings is 1. The van der Waals surface area contributed by atoms with Crippen molar-refractivity contribution in [2.75, 3.05) is 0 Å². The van der Waals surface area contributed by atoms with Crippen molar-refractivity contribution < 1.29 is 9.50 Å². The number of halogens is 2. The fourth-order valence-electron chi connectivity index (χ4n) is 1.52. The Labute approximate surface area is 94.9 Å². The number of hydrogen-bond acceptors (Lipinski definition) is 1. The molecule has 0 spiro atoms. The summed E-state index contributed by atoms with van der Waals surface area (Å²) in [6.45, 7) is 2.02. The second kappa shape index (κ2) is 6.09. The lowest BCUT2D eigenvalue weighted by Crippen LogP contribution is -2.07. The number of aliphatic hydroxyl groups excluding tert-OH is 1. The molecule has 1 aromatic carbocycles. The molecule has 0 fully saturated rings. The monoisotopic (exact) mass is 230 g/mol. The predicted molar refractivity (Wildman–Crippen MR) is 60.6 cm³/mol. The first kappa shape index (κ1) is 12.5. The molecule has 1 rings (SSSR count). The van der Waals surface area contributed by atoms with Gasteiger partial charge in [-0.15, -0.1) is 0 Å². The molecule has 0 aromatic heterocycles. The van der Waals surface area contributed by atoms with Crippen LogP contribution in [0.15, 0.2) is 18.2 Å². The molecule has 0 aliphatic rings. The first-order chi connectivity index (χ1) is 7.13. The molecule has 0 radical (unpaired) electrons. The Morgan fingerprint density at radius 2 is 2.13 bits per heavy atom. The lowest BCUT2D eigenvalue weighted by molar-refractivity contribution is 0.153. The van der Waals surface area contributed by atoms with Gasteiger partial charge in [0, 0.05) is 5.02 Å². The Bertz CT molecular complexity index is 314. The van der Waals surface area contributed by atoms with E-state index in [4.69, 9.17) is 11.6 Å². The zero-order valence-electron chi connectivity index (χ0n) is 8.84. The van der Waals surface area contributed by atoms with Crippen LogP contribution < -0.4 is 0 Å². The first-order valence-electron chi connectivity index (χ1n) is 5.25. The Kier molecular flexibility index (Phi) is 5.06. The molecule has 3 heteroatoms. The summed E-state index contributed by atoms with van der Waals surface area (Å²) in [6.07, 6.45) is 2.56. The number of aryl methyl sites for hydroxylation is 1. The smallest absolute Gasteiger partial charge is 0.127 e. The number of hydrogen-bond donors (Lipinski definition) is 1. The van der Waals surface area contributed by atoms with Gasteiger partial charge in [0.2, 0.25) is 0 Å². The van der Waals surface area contributed by atoms with Gasteiger partial charge < -0.3 is 5.11 Å². The molecule has 1 unspecified atom stereocenters. The topological polar surface area (TPSA) is 20.2 Å². The second-order valence-corrected chi connectivity index (χ2v) is 4.15. The minimum Gasteiger partial charge on any atom is -0.393 e. The van der Waals surface area contributed by atoms with Crippen molar-refractivity contribution >= 4 is 11.6 Å². The highest BCUT2D eigenvalue weighted by atomic mass is 35.5. The third kappa shape index (κ3) is 4.18. The molecule has 0 bridgehead atoms. The largest absolute Gasteiger partial charge is 0.393 e. The summed E-state index contributed by atoms with van der Waals surface area (Å²) in [5, 5.41) is 9.92. The maximum Gasteiger partial charge on any atom is 0.127 e. The predicted octanol–water partition coefficient (Wildman–Crippen LogP) is 3.57. The van der Waals surface area contributed by atoms with Crippen LogP contribution in [0.2, 0.25) is 5.02 Å². The highest BCUT2D eigenvalue weighted by molar-refractivity contribution is 6.30. The summed E-state index contributed by atoms with van der Waals surface area (Å²) < 4.78 is 13.3. The summed E-state index contributed by atoms with van der Waals surface area (Å²) in [7, 11) is 0. The average molecular weight is 231 g/mol. The van der Waals surface area contributed by atoms with E-state index in [1.807, 2.05) is 6.92 Å². The van der Waals surface area contributed by atoms with Gasteiger partial charge in [0.15, 0.2) is 0 Å². The minimum atomic E-state index is -0.329. The van der Waals surface area contributed by atoms with E-state index >= 15 is 0 Å². The van der Waals surface area contributed by atoms with Crippen LogP contribution in [0.5, 0.6) is 0 Å². The summed E-state index contributed by atoms with van der Waals surface area (Å²) in [5.74, 6) is -0.286. The molecule has 0 saturated carbocycles. The van der Waals surface area contributed by atoms with Crippen LogP contribution >= 0.6 is 11.6 Å². The van der Waals surface area contributed by atoms with Gasteiger partial charge in [0.05, 0.1) is 6.10 Å². The van der Waals surface area contributed by atoms with Crippen LogP contribution in [0.3, 0.4) is 0 Å². The summed E-state index contributed by atoms with van der Waals surface area (Å²) in [5.41, 5.74) is 0.620. The molecular weight excluding hydrogens is 215 g/mol. The molecule has 0 heterocycles. The Balaban J connectivity index is 2.50. The highest BCUT2D eigenvalue weighted by Crippen LogP contribution is 2.17. The lowest BCUT2D eigenvalue weighted by atomic mass is 10.0. The van der Waals surface area contributed by atoms with Crippen molar-refractivity contribution in [1.29, 1.82) is 0 Å². The van der Waals surface area contributed by atoms with Crippen molar-refractivity contribution in [1.82, 2.24) is 0 Å². The van der Waals surface area contributed by atoms with E-state index in [2.05, 4.69) is 0 Å². The van der Waals surface area contributed by atoms with Crippen LogP contribution in [-0.2, 0) is 6.42 Å². The van der Waals surface area contributed by atoms with Crippen molar-refractivity contribution in [3.63, 3.8) is 0 Å². The number of aliphatic hydroxyl groups is 1. The van der Waals surface area contributed by atoms with Crippen molar-refractivity contribution in [2.24, 2.45) is 0 Å². The van der Waals surface area contributed by atoms with Crippen LogP contribution in [0.1, 0.15) is 31.7 Å². The quantitative estimate of drug-likeness (QED) is 0.820. The van der Waals surface area contributed by atoms with E-state index in [1.165, 1.54) is 6.07 Å². The van der Waals surface area contributed by atoms with E-state index in [1.54, 1.807) is 12.1 Å². The molecular formula is C12H16ClFO. The van der Waals surface area contributed by atoms with E-state index in [0.717, 1.165) is 12.8 Å². The fraction of sp³-hybridized carbons (Fsp3) is 0.500. The molecule has 1 nitrogen and oxygen atoms in total. The van der Waals surface area contributed by atoms with E-state index in [9.17, 15) is 9.50 Å². The zero-order valence-corrected chi connectivity index (χ0v) is 9.60. The highest BCUT2D eigenvalue weighted by Gasteiger charge is 2.07. The maximum absolute atomic E-state index is 13.3. The van der Waals surface area contributed by atoms with Crippen LogP contribution in [0.25, 0.3) is 0 Å². The van der Waals surface area contributed by atoms with Gasteiger partial charge >= 0.3 is 0 Å². The molecule has 0 aliphatic carbocycles. The van der Waals surface area contributed by atoms with E-state index in [-0.39, 0.29) is 11.9 Å². The Morgan fingerprint density at radius 1 is 1.40 bits per heavy atom. The van der Waals surface area contributed by atoms with Gasteiger partial charge in [-0.2, -0.15) is 0 Å². The third-order valence-corrected chi connectivity index (χ3v) is 2.62. The second-order valence-electron chi connectivity index (χ2n) is 3.72. The van der Waals surface area contributed by atoms with Gasteiger partial charge in [-0.05, 0) is 37.0 Å². The van der Waals surface area contributed by atoms with Crippen LogP contribution in [-0.4, -0.2) is 11.2 Å². The van der Waals surface area contributed by atoms with Gasteiger partial charge in [-0.1, -0.05) is 31.0 Å². The Morgan fingerprint density at radius 3 is 2.73 bits per heavy atom. The summed E-state index contributed by atoms with van der Waals surface area (Å²) in [4.78, 5) is 0. The molecule has 0 aliphatic heterocycles. The normalized spacial score (nSPS) is 12.8. The van der Waals surface area contributed by atoms with Crippen molar-refractivity contribution in [2.45, 2.75) is 38.7 Å². The van der Waals surface area contributed by atoms with Crippen LogP contribution in [0, 0.1) is 5.82 Å². The molecule has 1 aromatic rings. The van der Waals surface area contributed by atoms with Crippen LogP contribution in [0.4, 0.5) is 4.39 Å². The SMILES string of the molecule is CCCC(O)CCc1ccc(Cl)cc1F. The molecule has 0 saturated heterocycles.